The van der Waals surface area contributed by atoms with Crippen LogP contribution in [-0.4, -0.2) is 6.54 Å². The van der Waals surface area contributed by atoms with Crippen LogP contribution in [0.5, 0.6) is 0 Å². The highest BCUT2D eigenvalue weighted by Crippen LogP contribution is 2.29. The van der Waals surface area contributed by atoms with Crippen LogP contribution in [0.15, 0.2) is 48.5 Å². The zero-order valence-electron chi connectivity index (χ0n) is 10.5. The molecule has 2 rings (SSSR count). The second-order valence-electron chi connectivity index (χ2n) is 4.38. The van der Waals surface area contributed by atoms with E-state index in [4.69, 9.17) is 0 Å². The van der Waals surface area contributed by atoms with Crippen molar-refractivity contribution in [2.45, 2.75) is 12.6 Å². The predicted octanol–water partition coefficient (Wildman–Crippen LogP) is 4.50. The summed E-state index contributed by atoms with van der Waals surface area (Å²) in [5.41, 5.74) is 0.770. The maximum absolute atomic E-state index is 12.9. The van der Waals surface area contributed by atoms with Crippen LogP contribution in [0.2, 0.25) is 0 Å². The highest BCUT2D eigenvalue weighted by Gasteiger charge is 2.29. The molecule has 0 spiro atoms. The zero-order valence-corrected chi connectivity index (χ0v) is 10.5. The van der Waals surface area contributed by atoms with E-state index in [1.807, 2.05) is 0 Å². The van der Waals surface area contributed by atoms with Crippen molar-refractivity contribution >= 4 is 5.69 Å². The summed E-state index contributed by atoms with van der Waals surface area (Å²) in [6.07, 6.45) is -3.72. The number of rotatable bonds is 4. The molecule has 0 amide bonds. The molecule has 1 nitrogen and oxygen atoms in total. The van der Waals surface area contributed by atoms with Crippen LogP contribution in [0.4, 0.5) is 23.2 Å². The third kappa shape index (κ3) is 3.98. The number of alkyl halides is 3. The molecule has 2 aromatic carbocycles. The highest BCUT2D eigenvalue weighted by atomic mass is 19.4. The monoisotopic (exact) mass is 283 g/mol. The van der Waals surface area contributed by atoms with Crippen LogP contribution in [0.1, 0.15) is 11.1 Å². The van der Waals surface area contributed by atoms with Gasteiger partial charge in [0.25, 0.3) is 0 Å². The summed E-state index contributed by atoms with van der Waals surface area (Å²) in [6, 6.07) is 11.1. The Morgan fingerprint density at radius 2 is 1.65 bits per heavy atom. The maximum Gasteiger partial charge on any atom is 0.416 e. The molecule has 0 bridgehead atoms. The number of hydrogen-bond donors (Lipinski definition) is 1. The Bertz CT molecular complexity index is 561. The van der Waals surface area contributed by atoms with Crippen LogP contribution in [0.25, 0.3) is 0 Å². The van der Waals surface area contributed by atoms with Gasteiger partial charge in [0.15, 0.2) is 0 Å². The standard InChI is InChI=1S/C15H13F4N/c16-13-3-1-2-11(10-13)8-9-20-14-6-4-12(5-7-14)15(17,18)19/h1-7,10,20H,8-9H2. The molecule has 20 heavy (non-hydrogen) atoms. The van der Waals surface area contributed by atoms with Gasteiger partial charge in [-0.2, -0.15) is 13.2 Å². The summed E-state index contributed by atoms with van der Waals surface area (Å²) >= 11 is 0. The molecule has 0 aliphatic rings. The van der Waals surface area contributed by atoms with E-state index in [1.54, 1.807) is 12.1 Å². The second-order valence-corrected chi connectivity index (χ2v) is 4.38. The van der Waals surface area contributed by atoms with Crippen LogP contribution in [-0.2, 0) is 12.6 Å². The number of hydrogen-bond acceptors (Lipinski definition) is 1. The smallest absolute Gasteiger partial charge is 0.385 e. The van der Waals surface area contributed by atoms with Crippen molar-refractivity contribution in [3.8, 4) is 0 Å². The normalized spacial score (nSPS) is 11.4. The van der Waals surface area contributed by atoms with Gasteiger partial charge in [-0.25, -0.2) is 4.39 Å². The Labute approximate surface area is 114 Å². The zero-order chi connectivity index (χ0) is 14.6. The molecule has 0 aromatic heterocycles. The van der Waals surface area contributed by atoms with Gasteiger partial charge in [0, 0.05) is 12.2 Å². The van der Waals surface area contributed by atoms with Crippen LogP contribution in [0.3, 0.4) is 0 Å². The summed E-state index contributed by atoms with van der Waals surface area (Å²) in [7, 11) is 0. The minimum atomic E-state index is -4.32. The number of nitrogens with one attached hydrogen (secondary N) is 1. The molecule has 0 atom stereocenters. The van der Waals surface area contributed by atoms with Crippen LogP contribution in [0, 0.1) is 5.82 Å². The lowest BCUT2D eigenvalue weighted by Gasteiger charge is -2.09. The largest absolute Gasteiger partial charge is 0.416 e. The maximum atomic E-state index is 12.9. The van der Waals surface area contributed by atoms with Crippen molar-refractivity contribution in [1.82, 2.24) is 0 Å². The average molecular weight is 283 g/mol. The quantitative estimate of drug-likeness (QED) is 0.815. The van der Waals surface area contributed by atoms with Crippen molar-refractivity contribution in [2.75, 3.05) is 11.9 Å². The summed E-state index contributed by atoms with van der Waals surface area (Å²) in [6.45, 7) is 0.523. The molecular formula is C15H13F4N. The molecule has 106 valence electrons. The summed E-state index contributed by atoms with van der Waals surface area (Å²) < 4.78 is 50.1. The van der Waals surface area contributed by atoms with E-state index in [0.717, 1.165) is 17.7 Å². The Hall–Kier alpha value is -2.04. The van der Waals surface area contributed by atoms with Gasteiger partial charge in [0.05, 0.1) is 5.56 Å². The van der Waals surface area contributed by atoms with Gasteiger partial charge in [-0.15, -0.1) is 0 Å². The van der Waals surface area contributed by atoms with Gasteiger partial charge in [-0.1, -0.05) is 12.1 Å². The third-order valence-corrected chi connectivity index (χ3v) is 2.84. The first-order chi connectivity index (χ1) is 9.45. The molecule has 0 fully saturated rings. The van der Waals surface area contributed by atoms with Gasteiger partial charge in [-0.3, -0.25) is 0 Å². The third-order valence-electron chi connectivity index (χ3n) is 2.84. The molecule has 0 aliphatic carbocycles. The van der Waals surface area contributed by atoms with Gasteiger partial charge in [-0.05, 0) is 48.4 Å². The molecule has 0 unspecified atom stereocenters. The summed E-state index contributed by atoms with van der Waals surface area (Å²) in [5.74, 6) is -0.294. The van der Waals surface area contributed by atoms with Crippen molar-refractivity contribution in [2.24, 2.45) is 0 Å². The van der Waals surface area contributed by atoms with E-state index in [9.17, 15) is 17.6 Å². The Morgan fingerprint density at radius 3 is 2.25 bits per heavy atom. The van der Waals surface area contributed by atoms with Gasteiger partial charge < -0.3 is 5.32 Å². The molecule has 0 radical (unpaired) electrons. The van der Waals surface area contributed by atoms with E-state index < -0.39 is 11.7 Å². The molecule has 1 N–H and O–H groups in total. The number of anilines is 1. The molecule has 2 aromatic rings. The minimum Gasteiger partial charge on any atom is -0.385 e. The lowest BCUT2D eigenvalue weighted by Crippen LogP contribution is -2.07. The molecule has 5 heteroatoms. The van der Waals surface area contributed by atoms with Crippen LogP contribution >= 0.6 is 0 Å². The SMILES string of the molecule is Fc1cccc(CCNc2ccc(C(F)(F)F)cc2)c1. The fourth-order valence-corrected chi connectivity index (χ4v) is 1.82. The predicted molar refractivity (Wildman–Crippen MR) is 70.0 cm³/mol. The van der Waals surface area contributed by atoms with E-state index in [-0.39, 0.29) is 5.82 Å². The average Bonchev–Trinajstić information content (AvgIpc) is 2.38. The minimum absolute atomic E-state index is 0.294. The second kappa shape index (κ2) is 5.94. The first-order valence-corrected chi connectivity index (χ1v) is 6.11. The van der Waals surface area contributed by atoms with Crippen LogP contribution < -0.4 is 5.32 Å². The molecule has 0 aliphatic heterocycles. The van der Waals surface area contributed by atoms with E-state index in [2.05, 4.69) is 5.32 Å². The first-order valence-electron chi connectivity index (χ1n) is 6.11. The fourth-order valence-electron chi connectivity index (χ4n) is 1.82. The molecule has 0 saturated heterocycles. The lowest BCUT2D eigenvalue weighted by atomic mass is 10.1. The van der Waals surface area contributed by atoms with Gasteiger partial charge in [0.2, 0.25) is 0 Å². The molecule has 0 saturated carbocycles. The highest BCUT2D eigenvalue weighted by molar-refractivity contribution is 5.45. The Morgan fingerprint density at radius 1 is 0.950 bits per heavy atom. The van der Waals surface area contributed by atoms with Crippen molar-refractivity contribution in [1.29, 1.82) is 0 Å². The Balaban J connectivity index is 1.88. The van der Waals surface area contributed by atoms with E-state index in [1.165, 1.54) is 24.3 Å². The first kappa shape index (κ1) is 14.4. The number of benzene rings is 2. The van der Waals surface area contributed by atoms with Crippen molar-refractivity contribution in [3.63, 3.8) is 0 Å². The fraction of sp³-hybridized carbons (Fsp3) is 0.200. The number of halogens is 4. The summed E-state index contributed by atoms with van der Waals surface area (Å²) in [5, 5.41) is 3.00. The van der Waals surface area contributed by atoms with Crippen molar-refractivity contribution < 1.29 is 17.6 Å². The summed E-state index contributed by atoms with van der Waals surface area (Å²) in [4.78, 5) is 0. The van der Waals surface area contributed by atoms with Gasteiger partial charge >= 0.3 is 6.18 Å². The molecular weight excluding hydrogens is 270 g/mol. The van der Waals surface area contributed by atoms with E-state index in [0.29, 0.717) is 18.7 Å². The lowest BCUT2D eigenvalue weighted by molar-refractivity contribution is -0.137. The topological polar surface area (TPSA) is 12.0 Å². The van der Waals surface area contributed by atoms with E-state index >= 15 is 0 Å². The van der Waals surface area contributed by atoms with Crippen molar-refractivity contribution in [3.05, 3.63) is 65.5 Å². The van der Waals surface area contributed by atoms with Gasteiger partial charge in [0.1, 0.15) is 5.82 Å². The Kier molecular flexibility index (Phi) is 4.27. The molecule has 0 heterocycles.